The van der Waals surface area contributed by atoms with Crippen molar-refractivity contribution in [2.75, 3.05) is 20.1 Å². The van der Waals surface area contributed by atoms with Crippen molar-refractivity contribution >= 4 is 6.03 Å². The van der Waals surface area contributed by atoms with Crippen molar-refractivity contribution in [1.29, 1.82) is 0 Å². The summed E-state index contributed by atoms with van der Waals surface area (Å²) in [6, 6.07) is 14.2. The topological polar surface area (TPSA) is 55.8 Å². The molecule has 5 heteroatoms. The van der Waals surface area contributed by atoms with E-state index in [1.807, 2.05) is 23.1 Å². The summed E-state index contributed by atoms with van der Waals surface area (Å²) in [6.07, 6.45) is 1.80. The minimum atomic E-state index is 0.0180. The Morgan fingerprint density at radius 3 is 2.77 bits per heavy atom. The molecule has 2 amide bonds. The molecule has 1 unspecified atom stereocenters. The largest absolute Gasteiger partial charge is 0.508 e. The number of rotatable bonds is 2. The van der Waals surface area contributed by atoms with Gasteiger partial charge in [0, 0.05) is 32.2 Å². The molecule has 0 aromatic heterocycles. The number of carbonyl (C=O) groups excluding carboxylic acids is 1. The molecule has 2 aliphatic heterocycles. The number of phenolic OH excluding ortho intramolecular Hbond substituents is 1. The first-order chi connectivity index (χ1) is 12.6. The summed E-state index contributed by atoms with van der Waals surface area (Å²) in [7, 11) is 2.07. The molecule has 0 fully saturated rings. The van der Waals surface area contributed by atoms with Crippen molar-refractivity contribution in [1.82, 2.24) is 15.1 Å². The van der Waals surface area contributed by atoms with Gasteiger partial charge in [-0.05, 0) is 54.3 Å². The molecule has 4 rings (SSSR count). The minimum Gasteiger partial charge on any atom is -0.508 e. The molecule has 0 spiro atoms. The lowest BCUT2D eigenvalue weighted by molar-refractivity contribution is 0.177. The minimum absolute atomic E-state index is 0.0180. The third-order valence-corrected chi connectivity index (χ3v) is 5.60. The van der Waals surface area contributed by atoms with Crippen molar-refractivity contribution in [3.05, 3.63) is 64.7 Å². The number of hydrogen-bond donors (Lipinski definition) is 2. The third-order valence-electron chi connectivity index (χ3n) is 5.60. The standard InChI is InChI=1S/C21H25N3O2/c1-23-13-18-11-20(25)7-6-16(18)10-19(23)12-22-21(26)24-9-8-15-4-2-3-5-17(15)14-24/h2-7,11,19,25H,8-10,12-14H2,1H3,(H,22,26). The predicted octanol–water partition coefficient (Wildman–Crippen LogP) is 2.52. The molecule has 2 aliphatic rings. The van der Waals surface area contributed by atoms with E-state index in [0.29, 0.717) is 18.8 Å². The van der Waals surface area contributed by atoms with Crippen LogP contribution in [0.2, 0.25) is 0 Å². The van der Waals surface area contributed by atoms with Gasteiger partial charge in [-0.25, -0.2) is 4.79 Å². The number of amides is 2. The van der Waals surface area contributed by atoms with E-state index >= 15 is 0 Å². The molecule has 136 valence electrons. The molecular weight excluding hydrogens is 326 g/mol. The Balaban J connectivity index is 1.35. The van der Waals surface area contributed by atoms with E-state index in [0.717, 1.165) is 25.9 Å². The Kier molecular flexibility index (Phi) is 4.55. The average molecular weight is 351 g/mol. The van der Waals surface area contributed by atoms with Crippen LogP contribution >= 0.6 is 0 Å². The number of fused-ring (bicyclic) bond motifs is 2. The van der Waals surface area contributed by atoms with Crippen LogP contribution in [0.1, 0.15) is 22.3 Å². The molecule has 26 heavy (non-hydrogen) atoms. The highest BCUT2D eigenvalue weighted by molar-refractivity contribution is 5.74. The van der Waals surface area contributed by atoms with Crippen molar-refractivity contribution < 1.29 is 9.90 Å². The molecule has 0 bridgehead atoms. The number of phenols is 1. The highest BCUT2D eigenvalue weighted by Gasteiger charge is 2.25. The highest BCUT2D eigenvalue weighted by Crippen LogP contribution is 2.25. The molecule has 2 aromatic rings. The van der Waals surface area contributed by atoms with Gasteiger partial charge in [-0.1, -0.05) is 30.3 Å². The monoisotopic (exact) mass is 351 g/mol. The maximum absolute atomic E-state index is 12.6. The Morgan fingerprint density at radius 2 is 1.92 bits per heavy atom. The van der Waals surface area contributed by atoms with Crippen molar-refractivity contribution in [2.45, 2.75) is 32.0 Å². The Labute approximate surface area is 154 Å². The predicted molar refractivity (Wildman–Crippen MR) is 101 cm³/mol. The first-order valence-electron chi connectivity index (χ1n) is 9.21. The molecule has 1 atom stereocenters. The van der Waals surface area contributed by atoms with Crippen LogP contribution in [-0.2, 0) is 25.9 Å². The zero-order valence-electron chi connectivity index (χ0n) is 15.1. The summed E-state index contributed by atoms with van der Waals surface area (Å²) >= 11 is 0. The lowest BCUT2D eigenvalue weighted by Crippen LogP contribution is -2.49. The Bertz CT molecular complexity index is 821. The summed E-state index contributed by atoms with van der Waals surface area (Å²) in [5, 5.41) is 12.8. The van der Waals surface area contributed by atoms with Gasteiger partial charge in [0.15, 0.2) is 0 Å². The number of benzene rings is 2. The zero-order valence-corrected chi connectivity index (χ0v) is 15.1. The van der Waals surface area contributed by atoms with E-state index in [2.05, 4.69) is 35.5 Å². The van der Waals surface area contributed by atoms with Crippen LogP contribution < -0.4 is 5.32 Å². The molecule has 2 heterocycles. The molecule has 0 saturated heterocycles. The van der Waals surface area contributed by atoms with Crippen LogP contribution in [0.5, 0.6) is 5.75 Å². The summed E-state index contributed by atoms with van der Waals surface area (Å²) in [6.45, 7) is 2.88. The number of nitrogens with one attached hydrogen (secondary N) is 1. The fraction of sp³-hybridized carbons (Fsp3) is 0.381. The van der Waals surface area contributed by atoms with Gasteiger partial charge >= 0.3 is 6.03 Å². The second-order valence-electron chi connectivity index (χ2n) is 7.35. The number of carbonyl (C=O) groups is 1. The van der Waals surface area contributed by atoms with Gasteiger partial charge in [-0.3, -0.25) is 4.90 Å². The number of hydrogen-bond acceptors (Lipinski definition) is 3. The summed E-state index contributed by atoms with van der Waals surface area (Å²) < 4.78 is 0. The Morgan fingerprint density at radius 1 is 1.12 bits per heavy atom. The molecule has 5 nitrogen and oxygen atoms in total. The van der Waals surface area contributed by atoms with Crippen molar-refractivity contribution in [2.24, 2.45) is 0 Å². The fourth-order valence-electron chi connectivity index (χ4n) is 3.98. The number of nitrogens with zero attached hydrogens (tertiary/aromatic N) is 2. The van der Waals surface area contributed by atoms with Gasteiger partial charge in [-0.2, -0.15) is 0 Å². The van der Waals surface area contributed by atoms with Gasteiger partial charge in [0.2, 0.25) is 0 Å². The smallest absolute Gasteiger partial charge is 0.317 e. The van der Waals surface area contributed by atoms with E-state index in [9.17, 15) is 9.90 Å². The Hall–Kier alpha value is -2.53. The first-order valence-corrected chi connectivity index (χ1v) is 9.21. The van der Waals surface area contributed by atoms with E-state index in [4.69, 9.17) is 0 Å². The molecule has 0 saturated carbocycles. The van der Waals surface area contributed by atoms with Crippen LogP contribution in [0.3, 0.4) is 0 Å². The third kappa shape index (κ3) is 3.40. The molecule has 2 N–H and O–H groups in total. The second-order valence-corrected chi connectivity index (χ2v) is 7.35. The van der Waals surface area contributed by atoms with E-state index in [1.165, 1.54) is 22.3 Å². The van der Waals surface area contributed by atoms with E-state index < -0.39 is 0 Å². The van der Waals surface area contributed by atoms with Gasteiger partial charge < -0.3 is 15.3 Å². The van der Waals surface area contributed by atoms with Gasteiger partial charge in [0.25, 0.3) is 0 Å². The maximum atomic E-state index is 12.6. The normalized spacial score (nSPS) is 19.6. The molecular formula is C21H25N3O2. The SMILES string of the molecule is CN1Cc2cc(O)ccc2CC1CNC(=O)N1CCc2ccccc2C1. The average Bonchev–Trinajstić information content (AvgIpc) is 2.65. The lowest BCUT2D eigenvalue weighted by atomic mass is 9.94. The van der Waals surface area contributed by atoms with Crippen molar-refractivity contribution in [3.8, 4) is 5.75 Å². The fourth-order valence-corrected chi connectivity index (χ4v) is 3.98. The molecule has 0 aliphatic carbocycles. The summed E-state index contributed by atoms with van der Waals surface area (Å²) in [4.78, 5) is 16.8. The summed E-state index contributed by atoms with van der Waals surface area (Å²) in [5.41, 5.74) is 5.02. The maximum Gasteiger partial charge on any atom is 0.317 e. The lowest BCUT2D eigenvalue weighted by Gasteiger charge is -2.35. The van der Waals surface area contributed by atoms with Crippen LogP contribution in [0.15, 0.2) is 42.5 Å². The zero-order chi connectivity index (χ0) is 18.1. The highest BCUT2D eigenvalue weighted by atomic mass is 16.3. The van der Waals surface area contributed by atoms with Crippen molar-refractivity contribution in [3.63, 3.8) is 0 Å². The van der Waals surface area contributed by atoms with Gasteiger partial charge in [0.1, 0.15) is 5.75 Å². The van der Waals surface area contributed by atoms with Crippen LogP contribution in [0, 0.1) is 0 Å². The number of likely N-dealkylation sites (N-methyl/N-ethyl adjacent to an activating group) is 1. The van der Waals surface area contributed by atoms with Gasteiger partial charge in [-0.15, -0.1) is 0 Å². The van der Waals surface area contributed by atoms with Crippen LogP contribution in [0.4, 0.5) is 4.79 Å². The van der Waals surface area contributed by atoms with E-state index in [1.54, 1.807) is 6.07 Å². The first kappa shape index (κ1) is 16.9. The number of aromatic hydroxyl groups is 1. The molecule has 0 radical (unpaired) electrons. The quantitative estimate of drug-likeness (QED) is 0.874. The van der Waals surface area contributed by atoms with E-state index in [-0.39, 0.29) is 12.1 Å². The number of urea groups is 1. The van der Waals surface area contributed by atoms with Crippen LogP contribution in [0.25, 0.3) is 0 Å². The van der Waals surface area contributed by atoms with Crippen LogP contribution in [-0.4, -0.2) is 47.1 Å². The summed E-state index contributed by atoms with van der Waals surface area (Å²) in [5.74, 6) is 0.314. The second kappa shape index (κ2) is 7.00. The molecule has 2 aromatic carbocycles. The van der Waals surface area contributed by atoms with Gasteiger partial charge in [0.05, 0.1) is 0 Å².